The molecule has 7 nitrogen and oxygen atoms in total. The van der Waals surface area contributed by atoms with Crippen molar-refractivity contribution in [2.45, 2.75) is 6.92 Å². The van der Waals surface area contributed by atoms with Crippen LogP contribution in [0.4, 0.5) is 11.4 Å². The molecule has 2 amide bonds. The number of nitro benzene ring substituents is 1. The molecular weight excluding hydrogens is 382 g/mol. The van der Waals surface area contributed by atoms with E-state index in [9.17, 15) is 19.7 Å². The van der Waals surface area contributed by atoms with Crippen LogP contribution in [0.5, 0.6) is 0 Å². The summed E-state index contributed by atoms with van der Waals surface area (Å²) in [6, 6.07) is 21.5. The van der Waals surface area contributed by atoms with Crippen molar-refractivity contribution in [2.75, 3.05) is 5.32 Å². The molecule has 0 aliphatic rings. The number of non-ortho nitro benzene ring substituents is 1. The second-order valence-electron chi connectivity index (χ2n) is 6.55. The zero-order chi connectivity index (χ0) is 21.5. The average Bonchev–Trinajstić information content (AvgIpc) is 2.74. The second-order valence-corrected chi connectivity index (χ2v) is 6.55. The molecule has 3 rings (SSSR count). The fraction of sp³-hybridized carbons (Fsp3) is 0.0435. The van der Waals surface area contributed by atoms with E-state index in [2.05, 4.69) is 10.6 Å². The summed E-state index contributed by atoms with van der Waals surface area (Å²) in [6.07, 6.45) is 1.47. The largest absolute Gasteiger partial charge is 0.321 e. The number of nitro groups is 1. The highest BCUT2D eigenvalue weighted by atomic mass is 16.6. The minimum Gasteiger partial charge on any atom is -0.321 e. The topological polar surface area (TPSA) is 101 Å². The summed E-state index contributed by atoms with van der Waals surface area (Å²) in [4.78, 5) is 35.8. The Balaban J connectivity index is 1.89. The highest BCUT2D eigenvalue weighted by Gasteiger charge is 2.15. The van der Waals surface area contributed by atoms with Crippen molar-refractivity contribution in [3.05, 3.63) is 111 Å². The van der Waals surface area contributed by atoms with Crippen LogP contribution in [0.1, 0.15) is 21.5 Å². The normalized spacial score (nSPS) is 10.9. The number of amides is 2. The third-order valence-electron chi connectivity index (χ3n) is 4.22. The highest BCUT2D eigenvalue weighted by molar-refractivity contribution is 6.10. The van der Waals surface area contributed by atoms with E-state index < -0.39 is 16.7 Å². The Hall–Kier alpha value is -4.26. The number of nitrogens with one attached hydrogen (secondary N) is 2. The van der Waals surface area contributed by atoms with E-state index in [4.69, 9.17) is 0 Å². The minimum atomic E-state index is -0.511. The molecule has 7 heteroatoms. The van der Waals surface area contributed by atoms with Crippen LogP contribution in [0, 0.1) is 17.0 Å². The molecule has 0 radical (unpaired) electrons. The predicted molar refractivity (Wildman–Crippen MR) is 115 cm³/mol. The van der Waals surface area contributed by atoms with Gasteiger partial charge < -0.3 is 10.6 Å². The second kappa shape index (κ2) is 9.29. The molecule has 0 aliphatic heterocycles. The van der Waals surface area contributed by atoms with Gasteiger partial charge in [0.15, 0.2) is 0 Å². The smallest absolute Gasteiger partial charge is 0.272 e. The van der Waals surface area contributed by atoms with Gasteiger partial charge in [-0.3, -0.25) is 19.7 Å². The minimum absolute atomic E-state index is 0.0132. The van der Waals surface area contributed by atoms with Gasteiger partial charge in [0, 0.05) is 23.4 Å². The molecule has 0 unspecified atom stereocenters. The SMILES string of the molecule is Cc1cccc(NC(=O)C(=Cc2ccc([N+](=O)[O-])cc2)NC(=O)c2ccccc2)c1. The van der Waals surface area contributed by atoms with Gasteiger partial charge in [0.25, 0.3) is 17.5 Å². The number of carbonyl (C=O) groups excluding carboxylic acids is 2. The maximum Gasteiger partial charge on any atom is 0.272 e. The summed E-state index contributed by atoms with van der Waals surface area (Å²) in [7, 11) is 0. The number of anilines is 1. The number of hydrogen-bond donors (Lipinski definition) is 2. The number of benzene rings is 3. The van der Waals surface area contributed by atoms with Crippen LogP contribution >= 0.6 is 0 Å². The van der Waals surface area contributed by atoms with E-state index in [1.54, 1.807) is 42.5 Å². The van der Waals surface area contributed by atoms with Crippen molar-refractivity contribution >= 4 is 29.3 Å². The zero-order valence-corrected chi connectivity index (χ0v) is 16.2. The summed E-state index contributed by atoms with van der Waals surface area (Å²) in [5, 5.41) is 16.2. The van der Waals surface area contributed by atoms with Crippen molar-refractivity contribution in [3.8, 4) is 0 Å². The van der Waals surface area contributed by atoms with E-state index in [0.717, 1.165) is 5.56 Å². The Labute approximate surface area is 173 Å². The van der Waals surface area contributed by atoms with Crippen molar-refractivity contribution in [3.63, 3.8) is 0 Å². The molecule has 0 saturated carbocycles. The molecule has 0 aromatic heterocycles. The fourth-order valence-corrected chi connectivity index (χ4v) is 2.72. The van der Waals surface area contributed by atoms with Crippen molar-refractivity contribution in [1.29, 1.82) is 0 Å². The summed E-state index contributed by atoms with van der Waals surface area (Å²) in [5.74, 6) is -0.952. The van der Waals surface area contributed by atoms with E-state index in [1.807, 2.05) is 19.1 Å². The molecule has 150 valence electrons. The Kier molecular flexibility index (Phi) is 6.34. The Bertz CT molecular complexity index is 1110. The van der Waals surface area contributed by atoms with Gasteiger partial charge in [-0.2, -0.15) is 0 Å². The van der Waals surface area contributed by atoms with Gasteiger partial charge in [-0.1, -0.05) is 30.3 Å². The third kappa shape index (κ3) is 5.39. The van der Waals surface area contributed by atoms with Crippen LogP contribution in [-0.4, -0.2) is 16.7 Å². The molecule has 30 heavy (non-hydrogen) atoms. The van der Waals surface area contributed by atoms with Crippen molar-refractivity contribution in [2.24, 2.45) is 0 Å². The quantitative estimate of drug-likeness (QED) is 0.365. The molecule has 0 fully saturated rings. The first-order valence-electron chi connectivity index (χ1n) is 9.13. The van der Waals surface area contributed by atoms with Crippen LogP contribution in [-0.2, 0) is 4.79 Å². The van der Waals surface area contributed by atoms with Gasteiger partial charge in [-0.25, -0.2) is 0 Å². The number of rotatable bonds is 6. The number of carbonyl (C=O) groups is 2. The van der Waals surface area contributed by atoms with E-state index in [0.29, 0.717) is 16.8 Å². The predicted octanol–water partition coefficient (Wildman–Crippen LogP) is 4.31. The molecule has 0 spiro atoms. The van der Waals surface area contributed by atoms with Gasteiger partial charge in [0.1, 0.15) is 5.70 Å². The average molecular weight is 401 g/mol. The molecule has 0 bridgehead atoms. The van der Waals surface area contributed by atoms with Gasteiger partial charge >= 0.3 is 0 Å². The molecule has 0 aliphatic carbocycles. The first-order valence-corrected chi connectivity index (χ1v) is 9.13. The lowest BCUT2D eigenvalue weighted by Crippen LogP contribution is -2.30. The van der Waals surface area contributed by atoms with Gasteiger partial charge in [-0.15, -0.1) is 0 Å². The highest BCUT2D eigenvalue weighted by Crippen LogP contribution is 2.16. The Morgan fingerprint density at radius 3 is 2.27 bits per heavy atom. The van der Waals surface area contributed by atoms with E-state index in [-0.39, 0.29) is 11.4 Å². The van der Waals surface area contributed by atoms with Gasteiger partial charge in [0.05, 0.1) is 4.92 Å². The maximum atomic E-state index is 12.9. The van der Waals surface area contributed by atoms with Crippen LogP contribution in [0.3, 0.4) is 0 Å². The molecule has 2 N–H and O–H groups in total. The molecule has 3 aromatic rings. The molecule has 0 atom stereocenters. The van der Waals surface area contributed by atoms with Gasteiger partial charge in [-0.05, 0) is 60.5 Å². The lowest BCUT2D eigenvalue weighted by molar-refractivity contribution is -0.384. The molecule has 0 saturated heterocycles. The summed E-state index contributed by atoms with van der Waals surface area (Å²) in [5.41, 5.74) is 2.44. The summed E-state index contributed by atoms with van der Waals surface area (Å²) in [6.45, 7) is 1.90. The Morgan fingerprint density at radius 2 is 1.63 bits per heavy atom. The van der Waals surface area contributed by atoms with E-state index in [1.165, 1.54) is 30.3 Å². The monoisotopic (exact) mass is 401 g/mol. The summed E-state index contributed by atoms with van der Waals surface area (Å²) < 4.78 is 0. The van der Waals surface area contributed by atoms with Crippen molar-refractivity contribution < 1.29 is 14.5 Å². The lowest BCUT2D eigenvalue weighted by Gasteiger charge is -2.12. The standard InChI is InChI=1S/C23H19N3O4/c1-16-6-5-9-19(14-16)24-23(28)21(25-22(27)18-7-3-2-4-8-18)15-17-10-12-20(13-11-17)26(29)30/h2-15H,1H3,(H,24,28)(H,25,27). The number of nitrogens with zero attached hydrogens (tertiary/aromatic N) is 1. The number of aryl methyl sites for hydroxylation is 1. The molecular formula is C23H19N3O4. The van der Waals surface area contributed by atoms with Gasteiger partial charge in [0.2, 0.25) is 0 Å². The number of hydrogen-bond acceptors (Lipinski definition) is 4. The van der Waals surface area contributed by atoms with Crippen LogP contribution < -0.4 is 10.6 Å². The third-order valence-corrected chi connectivity index (χ3v) is 4.22. The van der Waals surface area contributed by atoms with E-state index >= 15 is 0 Å². The van der Waals surface area contributed by atoms with Crippen LogP contribution in [0.2, 0.25) is 0 Å². The Morgan fingerprint density at radius 1 is 0.933 bits per heavy atom. The molecule has 3 aromatic carbocycles. The first kappa shape index (κ1) is 20.5. The maximum absolute atomic E-state index is 12.9. The molecule has 0 heterocycles. The lowest BCUT2D eigenvalue weighted by atomic mass is 10.1. The fourth-order valence-electron chi connectivity index (χ4n) is 2.72. The van der Waals surface area contributed by atoms with Crippen LogP contribution in [0.25, 0.3) is 6.08 Å². The zero-order valence-electron chi connectivity index (χ0n) is 16.2. The van der Waals surface area contributed by atoms with Crippen LogP contribution in [0.15, 0.2) is 84.6 Å². The first-order chi connectivity index (χ1) is 14.4. The summed E-state index contributed by atoms with van der Waals surface area (Å²) >= 11 is 0. The van der Waals surface area contributed by atoms with Crippen molar-refractivity contribution in [1.82, 2.24) is 5.32 Å².